The molecule has 1 aromatic carbocycles. The van der Waals surface area contributed by atoms with Gasteiger partial charge in [0.2, 0.25) is 5.91 Å². The van der Waals surface area contributed by atoms with Crippen LogP contribution in [0.4, 0.5) is 11.4 Å². The van der Waals surface area contributed by atoms with Crippen LogP contribution in [0.25, 0.3) is 0 Å². The zero-order valence-corrected chi connectivity index (χ0v) is 9.11. The average Bonchev–Trinajstić information content (AvgIpc) is 2.23. The van der Waals surface area contributed by atoms with E-state index >= 15 is 0 Å². The molecular weight excluding hydrogens is 208 g/mol. The van der Waals surface area contributed by atoms with Crippen molar-refractivity contribution in [1.29, 1.82) is 0 Å². The Morgan fingerprint density at radius 2 is 2.25 bits per heavy atom. The summed E-state index contributed by atoms with van der Waals surface area (Å²) >= 11 is 0. The van der Waals surface area contributed by atoms with Crippen LogP contribution < -0.4 is 15.0 Å². The third-order valence-corrected chi connectivity index (χ3v) is 2.37. The molecule has 2 amide bonds. The SMILES string of the molecule is CC(=O)Nc1ccc2c(c1)OCC(=O)N2C. The maximum Gasteiger partial charge on any atom is 0.264 e. The number of nitrogens with zero attached hydrogens (tertiary/aromatic N) is 1. The van der Waals surface area contributed by atoms with E-state index in [9.17, 15) is 9.59 Å². The van der Waals surface area contributed by atoms with Crippen molar-refractivity contribution in [2.24, 2.45) is 0 Å². The number of hydrogen-bond donors (Lipinski definition) is 1. The molecule has 1 heterocycles. The third-order valence-electron chi connectivity index (χ3n) is 2.37. The molecule has 1 aliphatic heterocycles. The van der Waals surface area contributed by atoms with Crippen LogP contribution in [0.2, 0.25) is 0 Å². The maximum absolute atomic E-state index is 11.4. The summed E-state index contributed by atoms with van der Waals surface area (Å²) in [6, 6.07) is 5.19. The van der Waals surface area contributed by atoms with Gasteiger partial charge in [-0.3, -0.25) is 9.59 Å². The van der Waals surface area contributed by atoms with Crippen molar-refractivity contribution in [3.63, 3.8) is 0 Å². The first-order valence-electron chi connectivity index (χ1n) is 4.89. The van der Waals surface area contributed by atoms with Gasteiger partial charge in [-0.2, -0.15) is 0 Å². The fraction of sp³-hybridized carbons (Fsp3) is 0.273. The van der Waals surface area contributed by atoms with E-state index < -0.39 is 0 Å². The normalized spacial score (nSPS) is 14.1. The van der Waals surface area contributed by atoms with Gasteiger partial charge in [0.15, 0.2) is 6.61 Å². The zero-order valence-electron chi connectivity index (χ0n) is 9.11. The lowest BCUT2D eigenvalue weighted by Gasteiger charge is -2.26. The number of carbonyl (C=O) groups excluding carboxylic acids is 2. The molecule has 0 radical (unpaired) electrons. The summed E-state index contributed by atoms with van der Waals surface area (Å²) in [5.41, 5.74) is 1.37. The van der Waals surface area contributed by atoms with Gasteiger partial charge in [-0.1, -0.05) is 0 Å². The predicted molar refractivity (Wildman–Crippen MR) is 59.7 cm³/mol. The molecule has 0 saturated carbocycles. The summed E-state index contributed by atoms with van der Waals surface area (Å²) in [6.45, 7) is 1.48. The van der Waals surface area contributed by atoms with Crippen molar-refractivity contribution in [3.05, 3.63) is 18.2 Å². The summed E-state index contributed by atoms with van der Waals surface area (Å²) in [6.07, 6.45) is 0. The molecule has 5 heteroatoms. The van der Waals surface area contributed by atoms with Crippen LogP contribution in [0.15, 0.2) is 18.2 Å². The molecule has 84 valence electrons. The van der Waals surface area contributed by atoms with Gasteiger partial charge < -0.3 is 15.0 Å². The standard InChI is InChI=1S/C11H12N2O3/c1-7(14)12-8-3-4-9-10(5-8)16-6-11(15)13(9)2/h3-5H,6H2,1-2H3,(H,12,14). The lowest BCUT2D eigenvalue weighted by atomic mass is 10.2. The molecule has 0 atom stereocenters. The lowest BCUT2D eigenvalue weighted by molar-refractivity contribution is -0.121. The molecule has 0 aliphatic carbocycles. The number of likely N-dealkylation sites (N-methyl/N-ethyl adjacent to an activating group) is 1. The number of anilines is 2. The highest BCUT2D eigenvalue weighted by atomic mass is 16.5. The Bertz CT molecular complexity index is 457. The summed E-state index contributed by atoms with van der Waals surface area (Å²) in [4.78, 5) is 23.8. The van der Waals surface area contributed by atoms with Gasteiger partial charge >= 0.3 is 0 Å². The topological polar surface area (TPSA) is 58.6 Å². The van der Waals surface area contributed by atoms with Crippen LogP contribution in [-0.4, -0.2) is 25.5 Å². The zero-order chi connectivity index (χ0) is 11.7. The Morgan fingerprint density at radius 1 is 1.50 bits per heavy atom. The van der Waals surface area contributed by atoms with E-state index in [2.05, 4.69) is 5.32 Å². The minimum atomic E-state index is -0.139. The smallest absolute Gasteiger partial charge is 0.264 e. The molecule has 0 fully saturated rings. The van der Waals surface area contributed by atoms with Crippen molar-refractivity contribution in [2.45, 2.75) is 6.92 Å². The van der Waals surface area contributed by atoms with E-state index in [4.69, 9.17) is 4.74 Å². The van der Waals surface area contributed by atoms with Crippen LogP contribution in [0.1, 0.15) is 6.92 Å². The van der Waals surface area contributed by atoms with Crippen LogP contribution in [-0.2, 0) is 9.59 Å². The van der Waals surface area contributed by atoms with Gasteiger partial charge in [0.05, 0.1) is 5.69 Å². The Balaban J connectivity index is 2.33. The van der Waals surface area contributed by atoms with Crippen molar-refractivity contribution >= 4 is 23.2 Å². The minimum absolute atomic E-state index is 0.0347. The van der Waals surface area contributed by atoms with Gasteiger partial charge in [-0.05, 0) is 12.1 Å². The maximum atomic E-state index is 11.4. The second-order valence-electron chi connectivity index (χ2n) is 3.61. The molecule has 5 nitrogen and oxygen atoms in total. The van der Waals surface area contributed by atoms with Gasteiger partial charge in [0.25, 0.3) is 5.91 Å². The van der Waals surface area contributed by atoms with E-state index in [0.717, 1.165) is 0 Å². The fourth-order valence-electron chi connectivity index (χ4n) is 1.56. The van der Waals surface area contributed by atoms with Crippen LogP contribution in [0.3, 0.4) is 0 Å². The first-order valence-corrected chi connectivity index (χ1v) is 4.89. The lowest BCUT2D eigenvalue weighted by Crippen LogP contribution is -2.35. The number of fused-ring (bicyclic) bond motifs is 1. The van der Waals surface area contributed by atoms with Crippen molar-refractivity contribution in [1.82, 2.24) is 0 Å². The number of nitrogens with one attached hydrogen (secondary N) is 1. The van der Waals surface area contributed by atoms with E-state index in [-0.39, 0.29) is 18.4 Å². The number of hydrogen-bond acceptors (Lipinski definition) is 3. The Hall–Kier alpha value is -2.04. The Morgan fingerprint density at radius 3 is 2.94 bits per heavy atom. The van der Waals surface area contributed by atoms with Gasteiger partial charge in [-0.15, -0.1) is 0 Å². The molecule has 1 aliphatic rings. The van der Waals surface area contributed by atoms with Gasteiger partial charge in [0.1, 0.15) is 5.75 Å². The second kappa shape index (κ2) is 3.84. The van der Waals surface area contributed by atoms with Gasteiger partial charge in [0, 0.05) is 25.7 Å². The predicted octanol–water partition coefficient (Wildman–Crippen LogP) is 1.00. The number of ether oxygens (including phenoxy) is 1. The summed E-state index contributed by atoms with van der Waals surface area (Å²) in [5, 5.41) is 2.66. The van der Waals surface area contributed by atoms with Gasteiger partial charge in [-0.25, -0.2) is 0 Å². The van der Waals surface area contributed by atoms with Crippen molar-refractivity contribution < 1.29 is 14.3 Å². The molecule has 0 aromatic heterocycles. The molecule has 16 heavy (non-hydrogen) atoms. The highest BCUT2D eigenvalue weighted by Gasteiger charge is 2.22. The number of benzene rings is 1. The van der Waals surface area contributed by atoms with Crippen molar-refractivity contribution in [3.8, 4) is 5.75 Å². The highest BCUT2D eigenvalue weighted by Crippen LogP contribution is 2.33. The van der Waals surface area contributed by atoms with E-state index in [1.807, 2.05) is 0 Å². The van der Waals surface area contributed by atoms with Crippen LogP contribution >= 0.6 is 0 Å². The minimum Gasteiger partial charge on any atom is -0.481 e. The van der Waals surface area contributed by atoms with Crippen LogP contribution in [0.5, 0.6) is 5.75 Å². The average molecular weight is 220 g/mol. The largest absolute Gasteiger partial charge is 0.481 e. The quantitative estimate of drug-likeness (QED) is 0.768. The van der Waals surface area contributed by atoms with Crippen molar-refractivity contribution in [2.75, 3.05) is 23.9 Å². The molecule has 0 bridgehead atoms. The second-order valence-corrected chi connectivity index (χ2v) is 3.61. The van der Waals surface area contributed by atoms with E-state index in [0.29, 0.717) is 17.1 Å². The molecular formula is C11H12N2O3. The molecule has 0 unspecified atom stereocenters. The molecule has 0 saturated heterocycles. The van der Waals surface area contributed by atoms with Crippen LogP contribution in [0, 0.1) is 0 Å². The summed E-state index contributed by atoms with van der Waals surface area (Å²) in [7, 11) is 1.70. The third kappa shape index (κ3) is 1.84. The fourth-order valence-corrected chi connectivity index (χ4v) is 1.56. The Kier molecular flexibility index (Phi) is 2.52. The summed E-state index contributed by atoms with van der Waals surface area (Å²) < 4.78 is 5.29. The van der Waals surface area contributed by atoms with E-state index in [1.54, 1.807) is 25.2 Å². The molecule has 2 rings (SSSR count). The number of amides is 2. The number of carbonyl (C=O) groups is 2. The molecule has 1 N–H and O–H groups in total. The van der Waals surface area contributed by atoms with E-state index in [1.165, 1.54) is 11.8 Å². The molecule has 1 aromatic rings. The Labute approximate surface area is 93.0 Å². The highest BCUT2D eigenvalue weighted by molar-refractivity contribution is 5.98. The monoisotopic (exact) mass is 220 g/mol. The first-order chi connectivity index (χ1) is 7.58. The molecule has 0 spiro atoms. The summed E-state index contributed by atoms with van der Waals surface area (Å²) in [5.74, 6) is 0.383. The number of rotatable bonds is 1. The first kappa shape index (κ1) is 10.5.